The van der Waals surface area contributed by atoms with E-state index in [1.165, 1.54) is 11.3 Å². The number of rotatable bonds is 5. The number of ether oxygens (including phenoxy) is 1. The average Bonchev–Trinajstić information content (AvgIpc) is 3.08. The summed E-state index contributed by atoms with van der Waals surface area (Å²) < 4.78 is 8.27. The van der Waals surface area contributed by atoms with Gasteiger partial charge in [-0.05, 0) is 55.8 Å². The Kier molecular flexibility index (Phi) is 6.64. The number of allylic oxidation sites excluding steroid dienone is 1. The van der Waals surface area contributed by atoms with Gasteiger partial charge >= 0.3 is 5.97 Å². The van der Waals surface area contributed by atoms with E-state index in [2.05, 4.69) is 26.2 Å². The molecule has 1 aliphatic heterocycles. The highest BCUT2D eigenvalue weighted by atomic mass is 79.9. The van der Waals surface area contributed by atoms with Crippen LogP contribution in [0.4, 0.5) is 5.69 Å². The van der Waals surface area contributed by atoms with E-state index in [1.807, 2.05) is 36.4 Å². The molecule has 0 amide bonds. The van der Waals surface area contributed by atoms with Crippen molar-refractivity contribution in [3.8, 4) is 0 Å². The molecule has 9 heteroatoms. The van der Waals surface area contributed by atoms with Crippen LogP contribution in [0.15, 0.2) is 74.1 Å². The van der Waals surface area contributed by atoms with E-state index < -0.39 is 12.0 Å². The van der Waals surface area contributed by atoms with Crippen molar-refractivity contribution in [1.82, 2.24) is 4.57 Å². The molecule has 0 radical (unpaired) electrons. The molecule has 164 valence electrons. The lowest BCUT2D eigenvalue weighted by Gasteiger charge is -2.24. The average molecular weight is 533 g/mol. The zero-order valence-electron chi connectivity index (χ0n) is 17.3. The van der Waals surface area contributed by atoms with Crippen LogP contribution in [0, 0.1) is 0 Å². The Morgan fingerprint density at radius 3 is 2.59 bits per heavy atom. The first-order valence-electron chi connectivity index (χ1n) is 9.84. The zero-order chi connectivity index (χ0) is 22.8. The molecule has 6 nitrogen and oxygen atoms in total. The molecule has 1 aromatic heterocycles. The van der Waals surface area contributed by atoms with Gasteiger partial charge in [0.25, 0.3) is 5.56 Å². The third-order valence-corrected chi connectivity index (χ3v) is 6.68. The van der Waals surface area contributed by atoms with Crippen LogP contribution in [0.3, 0.4) is 0 Å². The molecule has 0 saturated heterocycles. The van der Waals surface area contributed by atoms with E-state index in [4.69, 9.17) is 16.3 Å². The van der Waals surface area contributed by atoms with E-state index in [-0.39, 0.29) is 12.2 Å². The summed E-state index contributed by atoms with van der Waals surface area (Å²) in [6.45, 7) is 3.73. The highest BCUT2D eigenvalue weighted by Gasteiger charge is 2.33. The first-order valence-corrected chi connectivity index (χ1v) is 11.8. The first kappa shape index (κ1) is 22.5. The Morgan fingerprint density at radius 1 is 1.25 bits per heavy atom. The van der Waals surface area contributed by atoms with Gasteiger partial charge in [0.2, 0.25) is 0 Å². The molecule has 0 fully saturated rings. The highest BCUT2D eigenvalue weighted by molar-refractivity contribution is 9.10. The Hall–Kier alpha value is -2.68. The SMILES string of the molecule is CCOC(=O)C1=C(C)N=c2s/c(=C\Nc3ccc(Br)cc3)c(=O)n2[C@H]1c1ccc(Cl)cc1. The minimum atomic E-state index is -0.655. The fraction of sp³-hybridized carbons (Fsp3) is 0.174. The quantitative estimate of drug-likeness (QED) is 0.499. The van der Waals surface area contributed by atoms with Gasteiger partial charge in [-0.1, -0.05) is 51.0 Å². The van der Waals surface area contributed by atoms with Crippen molar-refractivity contribution < 1.29 is 9.53 Å². The molecule has 0 aliphatic carbocycles. The van der Waals surface area contributed by atoms with Crippen LogP contribution in [0.1, 0.15) is 25.5 Å². The van der Waals surface area contributed by atoms with Crippen LogP contribution in [0.2, 0.25) is 5.02 Å². The number of nitrogens with zero attached hydrogens (tertiary/aromatic N) is 2. The Balaban J connectivity index is 1.85. The smallest absolute Gasteiger partial charge is 0.338 e. The standard InChI is InChI=1S/C23H19BrClN3O3S/c1-3-31-22(30)19-13(2)27-23-28(20(19)14-4-8-16(25)9-5-14)21(29)18(32-23)12-26-17-10-6-15(24)7-11-17/h4-12,20,26H,3H2,1-2H3/b18-12-/t20-/m0/s1. The minimum Gasteiger partial charge on any atom is -0.463 e. The van der Waals surface area contributed by atoms with E-state index in [0.717, 1.165) is 15.7 Å². The van der Waals surface area contributed by atoms with Crippen LogP contribution in [-0.4, -0.2) is 17.1 Å². The molecule has 2 heterocycles. The van der Waals surface area contributed by atoms with Gasteiger partial charge in [0.05, 0.1) is 23.9 Å². The van der Waals surface area contributed by atoms with Crippen LogP contribution in [0.25, 0.3) is 6.20 Å². The third kappa shape index (κ3) is 4.44. The van der Waals surface area contributed by atoms with E-state index in [0.29, 0.717) is 25.6 Å². The van der Waals surface area contributed by atoms with E-state index in [9.17, 15) is 9.59 Å². The Morgan fingerprint density at radius 2 is 1.94 bits per heavy atom. The Bertz CT molecular complexity index is 1380. The summed E-state index contributed by atoms with van der Waals surface area (Å²) in [5.74, 6) is -0.490. The second kappa shape index (κ2) is 9.44. The van der Waals surface area contributed by atoms with Gasteiger partial charge in [0.1, 0.15) is 4.53 Å². The van der Waals surface area contributed by atoms with Gasteiger partial charge in [0, 0.05) is 21.4 Å². The Labute approximate surface area is 201 Å². The fourth-order valence-corrected chi connectivity index (χ4v) is 4.81. The topological polar surface area (TPSA) is 72.7 Å². The van der Waals surface area contributed by atoms with Crippen molar-refractivity contribution in [2.24, 2.45) is 4.99 Å². The fourth-order valence-electron chi connectivity index (χ4n) is 3.45. The molecule has 1 aliphatic rings. The molecule has 4 rings (SSSR count). The maximum atomic E-state index is 13.4. The molecule has 3 aromatic rings. The summed E-state index contributed by atoms with van der Waals surface area (Å²) >= 11 is 10.7. The van der Waals surface area contributed by atoms with Crippen molar-refractivity contribution >= 4 is 56.7 Å². The number of nitrogens with one attached hydrogen (secondary N) is 1. The molecule has 0 spiro atoms. The number of benzene rings is 2. The van der Waals surface area contributed by atoms with Crippen LogP contribution in [0.5, 0.6) is 0 Å². The molecule has 0 unspecified atom stereocenters. The normalized spacial score (nSPS) is 15.9. The van der Waals surface area contributed by atoms with E-state index >= 15 is 0 Å². The molecule has 1 atom stereocenters. The van der Waals surface area contributed by atoms with Gasteiger partial charge in [-0.3, -0.25) is 9.36 Å². The number of anilines is 1. The largest absolute Gasteiger partial charge is 0.463 e. The predicted molar refractivity (Wildman–Crippen MR) is 131 cm³/mol. The summed E-state index contributed by atoms with van der Waals surface area (Å²) in [7, 11) is 0. The van der Waals surface area contributed by atoms with Gasteiger partial charge in [-0.15, -0.1) is 0 Å². The molecule has 32 heavy (non-hydrogen) atoms. The monoisotopic (exact) mass is 531 g/mol. The van der Waals surface area contributed by atoms with Gasteiger partial charge in [0.15, 0.2) is 4.80 Å². The highest BCUT2D eigenvalue weighted by Crippen LogP contribution is 2.31. The summed E-state index contributed by atoms with van der Waals surface area (Å²) in [6.07, 6.45) is 1.66. The van der Waals surface area contributed by atoms with Crippen LogP contribution < -0.4 is 20.2 Å². The second-order valence-corrected chi connectivity index (χ2v) is 9.37. The summed E-state index contributed by atoms with van der Waals surface area (Å²) in [4.78, 5) is 31.3. The predicted octanol–water partition coefficient (Wildman–Crippen LogP) is 4.24. The molecular weight excluding hydrogens is 514 g/mol. The third-order valence-electron chi connectivity index (χ3n) is 4.92. The lowest BCUT2D eigenvalue weighted by molar-refractivity contribution is -0.139. The molecular formula is C23H19BrClN3O3S. The number of esters is 1. The molecule has 1 N–H and O–H groups in total. The maximum Gasteiger partial charge on any atom is 0.338 e. The van der Waals surface area contributed by atoms with Crippen molar-refractivity contribution in [3.63, 3.8) is 0 Å². The number of hydrogen-bond acceptors (Lipinski definition) is 6. The first-order chi connectivity index (χ1) is 15.4. The molecule has 0 saturated carbocycles. The van der Waals surface area contributed by atoms with E-state index in [1.54, 1.807) is 36.7 Å². The lowest BCUT2D eigenvalue weighted by Crippen LogP contribution is -2.40. The van der Waals surface area contributed by atoms with Crippen molar-refractivity contribution in [3.05, 3.63) is 94.5 Å². The maximum absolute atomic E-state index is 13.4. The van der Waals surface area contributed by atoms with Gasteiger partial charge in [-0.2, -0.15) is 0 Å². The summed E-state index contributed by atoms with van der Waals surface area (Å²) in [5, 5.41) is 3.72. The number of fused-ring (bicyclic) bond motifs is 1. The summed E-state index contributed by atoms with van der Waals surface area (Å²) in [6, 6.07) is 14.1. The number of carbonyl (C=O) groups excluding carboxylic acids is 1. The second-order valence-electron chi connectivity index (χ2n) is 7.01. The molecule has 0 bridgehead atoms. The number of hydrogen-bond donors (Lipinski definition) is 1. The van der Waals surface area contributed by atoms with Gasteiger partial charge in [-0.25, -0.2) is 9.79 Å². The number of carbonyl (C=O) groups is 1. The zero-order valence-corrected chi connectivity index (χ0v) is 20.4. The minimum absolute atomic E-state index is 0.227. The lowest BCUT2D eigenvalue weighted by atomic mass is 9.96. The van der Waals surface area contributed by atoms with Crippen LogP contribution in [-0.2, 0) is 9.53 Å². The summed E-state index contributed by atoms with van der Waals surface area (Å²) in [5.41, 5.74) is 2.22. The number of aromatic nitrogens is 1. The van der Waals surface area contributed by atoms with Gasteiger partial charge < -0.3 is 10.1 Å². The van der Waals surface area contributed by atoms with Crippen LogP contribution >= 0.6 is 38.9 Å². The van der Waals surface area contributed by atoms with Crippen molar-refractivity contribution in [1.29, 1.82) is 0 Å². The van der Waals surface area contributed by atoms with Crippen molar-refractivity contribution in [2.75, 3.05) is 11.9 Å². The number of halogens is 2. The molecule has 2 aromatic carbocycles. The van der Waals surface area contributed by atoms with Crippen molar-refractivity contribution in [2.45, 2.75) is 19.9 Å². The number of thiazole rings is 1.